The minimum Gasteiger partial charge on any atom is -0.375 e. The van der Waals surface area contributed by atoms with Crippen molar-refractivity contribution in [3.05, 3.63) is 54.4 Å². The minimum absolute atomic E-state index is 0.0877. The van der Waals surface area contributed by atoms with Crippen LogP contribution in [0.4, 0.5) is 10.8 Å². The maximum absolute atomic E-state index is 12.7. The largest absolute Gasteiger partial charge is 0.375 e. The zero-order chi connectivity index (χ0) is 20.1. The van der Waals surface area contributed by atoms with Crippen LogP contribution in [0.5, 0.6) is 0 Å². The summed E-state index contributed by atoms with van der Waals surface area (Å²) in [6.07, 6.45) is 5.14. The Morgan fingerprint density at radius 1 is 1.10 bits per heavy atom. The van der Waals surface area contributed by atoms with Crippen LogP contribution in [0.15, 0.2) is 48.7 Å². The molecular weight excluding hydrogens is 384 g/mol. The highest BCUT2D eigenvalue weighted by Gasteiger charge is 2.19. The van der Waals surface area contributed by atoms with Gasteiger partial charge in [0.25, 0.3) is 5.91 Å². The quantitative estimate of drug-likeness (QED) is 0.578. The third-order valence-corrected chi connectivity index (χ3v) is 6.10. The van der Waals surface area contributed by atoms with Crippen LogP contribution in [0.2, 0.25) is 0 Å². The molecule has 3 heterocycles. The number of amides is 1. The van der Waals surface area contributed by atoms with Gasteiger partial charge in [-0.1, -0.05) is 29.5 Å². The Morgan fingerprint density at radius 3 is 2.66 bits per heavy atom. The highest BCUT2D eigenvalue weighted by Crippen LogP contribution is 2.27. The monoisotopic (exact) mass is 410 g/mol. The second-order valence-electron chi connectivity index (χ2n) is 7.19. The predicted molar refractivity (Wildman–Crippen MR) is 117 cm³/mol. The number of hydrogen-bond donors (Lipinski definition) is 1. The predicted octanol–water partition coefficient (Wildman–Crippen LogP) is 3.19. The van der Waals surface area contributed by atoms with Crippen LogP contribution in [-0.4, -0.2) is 53.9 Å². The SMILES string of the molecule is CN(CCCNC(=O)c1cccn1-c1nnc(N2CCCC2)s1)c1ccccc1. The first-order valence-electron chi connectivity index (χ1n) is 10.0. The number of rotatable bonds is 8. The zero-order valence-electron chi connectivity index (χ0n) is 16.6. The molecule has 1 aromatic carbocycles. The van der Waals surface area contributed by atoms with E-state index in [1.165, 1.54) is 29.9 Å². The van der Waals surface area contributed by atoms with Gasteiger partial charge < -0.3 is 15.1 Å². The van der Waals surface area contributed by atoms with Crippen molar-refractivity contribution in [2.45, 2.75) is 19.3 Å². The number of benzene rings is 1. The molecule has 8 heteroatoms. The summed E-state index contributed by atoms with van der Waals surface area (Å²) in [7, 11) is 2.07. The molecule has 0 bridgehead atoms. The standard InChI is InChI=1S/C21H26N6OS/c1-25(17-9-3-2-4-10-17)13-8-12-22-19(28)18-11-7-16-27(18)21-24-23-20(29-21)26-14-5-6-15-26/h2-4,7,9-11,16H,5-6,8,12-15H2,1H3,(H,22,28). The average molecular weight is 411 g/mol. The molecule has 0 aliphatic carbocycles. The summed E-state index contributed by atoms with van der Waals surface area (Å²) in [5.74, 6) is -0.0877. The second-order valence-corrected chi connectivity index (χ2v) is 8.13. The van der Waals surface area contributed by atoms with Crippen molar-refractivity contribution in [2.75, 3.05) is 43.0 Å². The lowest BCUT2D eigenvalue weighted by molar-refractivity contribution is 0.0946. The molecule has 2 aromatic heterocycles. The van der Waals surface area contributed by atoms with Crippen LogP contribution in [0.3, 0.4) is 0 Å². The van der Waals surface area contributed by atoms with E-state index in [2.05, 4.69) is 44.5 Å². The van der Waals surface area contributed by atoms with Crippen molar-refractivity contribution in [1.29, 1.82) is 0 Å². The van der Waals surface area contributed by atoms with Crippen molar-refractivity contribution in [3.63, 3.8) is 0 Å². The van der Waals surface area contributed by atoms with E-state index in [-0.39, 0.29) is 5.91 Å². The Kier molecular flexibility index (Phi) is 6.09. The maximum Gasteiger partial charge on any atom is 0.268 e. The summed E-state index contributed by atoms with van der Waals surface area (Å²) < 4.78 is 1.82. The summed E-state index contributed by atoms with van der Waals surface area (Å²) in [6, 6.07) is 13.9. The Morgan fingerprint density at radius 2 is 1.86 bits per heavy atom. The Balaban J connectivity index is 1.31. The lowest BCUT2D eigenvalue weighted by Crippen LogP contribution is -2.29. The van der Waals surface area contributed by atoms with E-state index in [1.54, 1.807) is 0 Å². The number of nitrogens with zero attached hydrogens (tertiary/aromatic N) is 5. The van der Waals surface area contributed by atoms with E-state index in [0.717, 1.165) is 36.3 Å². The summed E-state index contributed by atoms with van der Waals surface area (Å²) in [6.45, 7) is 3.56. The van der Waals surface area contributed by atoms with Crippen molar-refractivity contribution < 1.29 is 4.79 Å². The Hall–Kier alpha value is -2.87. The topological polar surface area (TPSA) is 66.3 Å². The lowest BCUT2D eigenvalue weighted by atomic mass is 10.3. The molecule has 0 atom stereocenters. The van der Waals surface area contributed by atoms with Crippen LogP contribution < -0.4 is 15.1 Å². The summed E-state index contributed by atoms with van der Waals surface area (Å²) in [5.41, 5.74) is 1.77. The van der Waals surface area contributed by atoms with Crippen molar-refractivity contribution in [2.24, 2.45) is 0 Å². The molecule has 0 saturated carbocycles. The normalized spacial score (nSPS) is 13.6. The molecule has 1 fully saturated rings. The highest BCUT2D eigenvalue weighted by atomic mass is 32.1. The lowest BCUT2D eigenvalue weighted by Gasteiger charge is -2.19. The van der Waals surface area contributed by atoms with Crippen LogP contribution in [0.1, 0.15) is 29.8 Å². The molecule has 29 heavy (non-hydrogen) atoms. The molecule has 1 aliphatic rings. The van der Waals surface area contributed by atoms with Crippen molar-refractivity contribution in [3.8, 4) is 5.13 Å². The number of aromatic nitrogens is 3. The maximum atomic E-state index is 12.7. The molecular formula is C21H26N6OS. The molecule has 7 nitrogen and oxygen atoms in total. The molecule has 152 valence electrons. The molecule has 0 unspecified atom stereocenters. The van der Waals surface area contributed by atoms with Gasteiger partial charge >= 0.3 is 0 Å². The number of para-hydroxylation sites is 1. The summed E-state index contributed by atoms with van der Waals surface area (Å²) >= 11 is 1.53. The molecule has 4 rings (SSSR count). The van der Waals surface area contributed by atoms with Gasteiger partial charge in [-0.2, -0.15) is 0 Å². The van der Waals surface area contributed by atoms with Crippen LogP contribution in [0, 0.1) is 0 Å². The second kappa shape index (κ2) is 9.09. The summed E-state index contributed by atoms with van der Waals surface area (Å²) in [5, 5.41) is 13.3. The average Bonchev–Trinajstić information content (AvgIpc) is 3.51. The first kappa shape index (κ1) is 19.4. The molecule has 1 amide bonds. The van der Waals surface area contributed by atoms with Gasteiger partial charge in [-0.3, -0.25) is 9.36 Å². The van der Waals surface area contributed by atoms with Crippen LogP contribution >= 0.6 is 11.3 Å². The number of anilines is 2. The Bertz CT molecular complexity index is 932. The fourth-order valence-electron chi connectivity index (χ4n) is 3.49. The van der Waals surface area contributed by atoms with Crippen molar-refractivity contribution in [1.82, 2.24) is 20.1 Å². The van der Waals surface area contributed by atoms with Gasteiger partial charge in [-0.15, -0.1) is 10.2 Å². The van der Waals surface area contributed by atoms with E-state index in [9.17, 15) is 4.79 Å². The molecule has 1 saturated heterocycles. The van der Waals surface area contributed by atoms with Gasteiger partial charge in [-0.25, -0.2) is 0 Å². The summed E-state index contributed by atoms with van der Waals surface area (Å²) in [4.78, 5) is 17.1. The van der Waals surface area contributed by atoms with E-state index >= 15 is 0 Å². The third-order valence-electron chi connectivity index (χ3n) is 5.12. The van der Waals surface area contributed by atoms with Crippen LogP contribution in [-0.2, 0) is 0 Å². The first-order valence-corrected chi connectivity index (χ1v) is 10.8. The van der Waals surface area contributed by atoms with E-state index < -0.39 is 0 Å². The fourth-order valence-corrected chi connectivity index (χ4v) is 4.39. The molecule has 0 radical (unpaired) electrons. The number of nitrogens with one attached hydrogen (secondary N) is 1. The minimum atomic E-state index is -0.0877. The smallest absolute Gasteiger partial charge is 0.268 e. The van der Waals surface area contributed by atoms with Crippen molar-refractivity contribution >= 4 is 28.1 Å². The highest BCUT2D eigenvalue weighted by molar-refractivity contribution is 7.17. The molecule has 3 aromatic rings. The third kappa shape index (κ3) is 4.59. The zero-order valence-corrected chi connectivity index (χ0v) is 17.4. The van der Waals surface area contributed by atoms with Gasteiger partial charge in [0.2, 0.25) is 10.3 Å². The van der Waals surface area contributed by atoms with E-state index in [4.69, 9.17) is 0 Å². The van der Waals surface area contributed by atoms with Gasteiger partial charge in [-0.05, 0) is 43.5 Å². The first-order chi connectivity index (χ1) is 14.2. The van der Waals surface area contributed by atoms with Gasteiger partial charge in [0, 0.05) is 45.1 Å². The number of carbonyl (C=O) groups is 1. The van der Waals surface area contributed by atoms with E-state index in [1.807, 2.05) is 41.1 Å². The fraction of sp³-hybridized carbons (Fsp3) is 0.381. The molecule has 0 spiro atoms. The molecule has 1 N–H and O–H groups in total. The van der Waals surface area contributed by atoms with Crippen LogP contribution in [0.25, 0.3) is 5.13 Å². The van der Waals surface area contributed by atoms with Gasteiger partial charge in [0.15, 0.2) is 0 Å². The van der Waals surface area contributed by atoms with Gasteiger partial charge in [0.05, 0.1) is 0 Å². The Labute approximate surface area is 175 Å². The number of hydrogen-bond acceptors (Lipinski definition) is 6. The number of carbonyl (C=O) groups excluding carboxylic acids is 1. The van der Waals surface area contributed by atoms with E-state index in [0.29, 0.717) is 12.2 Å². The molecule has 1 aliphatic heterocycles. The van der Waals surface area contributed by atoms with Gasteiger partial charge in [0.1, 0.15) is 5.69 Å².